The van der Waals surface area contributed by atoms with E-state index in [0.29, 0.717) is 17.9 Å². The summed E-state index contributed by atoms with van der Waals surface area (Å²) < 4.78 is 25.0. The number of hydrogen-bond acceptors (Lipinski definition) is 5. The van der Waals surface area contributed by atoms with E-state index in [-0.39, 0.29) is 18.2 Å². The topological polar surface area (TPSA) is 81.1 Å². The van der Waals surface area contributed by atoms with Gasteiger partial charge in [-0.2, -0.15) is 0 Å². The summed E-state index contributed by atoms with van der Waals surface area (Å²) >= 11 is 1.60. The number of sulfone groups is 1. The Hall–Kier alpha value is -2.19. The molecule has 1 aromatic carbocycles. The Morgan fingerprint density at radius 2 is 2.04 bits per heavy atom. The van der Waals surface area contributed by atoms with Crippen LogP contribution in [0.4, 0.5) is 0 Å². The maximum Gasteiger partial charge on any atom is 0.240 e. The van der Waals surface area contributed by atoms with Gasteiger partial charge in [0.15, 0.2) is 9.84 Å². The summed E-state index contributed by atoms with van der Waals surface area (Å²) in [7, 11) is -3.25. The van der Waals surface area contributed by atoms with Crippen LogP contribution in [0.2, 0.25) is 0 Å². The number of para-hydroxylation sites is 2. The molecule has 0 saturated carbocycles. The van der Waals surface area contributed by atoms with Gasteiger partial charge in [0.05, 0.1) is 17.6 Å². The molecule has 132 valence electrons. The van der Waals surface area contributed by atoms with Gasteiger partial charge in [-0.05, 0) is 36.1 Å². The van der Waals surface area contributed by atoms with E-state index in [1.807, 2.05) is 42.6 Å². The van der Waals surface area contributed by atoms with E-state index in [2.05, 4.69) is 10.3 Å². The van der Waals surface area contributed by atoms with Gasteiger partial charge >= 0.3 is 0 Å². The molecule has 3 rings (SSSR count). The van der Waals surface area contributed by atoms with Gasteiger partial charge in [0, 0.05) is 11.1 Å². The van der Waals surface area contributed by atoms with E-state index < -0.39 is 9.84 Å². The summed E-state index contributed by atoms with van der Waals surface area (Å²) in [5.41, 5.74) is 2.59. The highest BCUT2D eigenvalue weighted by molar-refractivity contribution is 7.89. The number of imidazole rings is 1. The van der Waals surface area contributed by atoms with Crippen LogP contribution in [0.3, 0.4) is 0 Å². The van der Waals surface area contributed by atoms with Crippen molar-refractivity contribution in [3.8, 4) is 0 Å². The third-order valence-corrected chi connectivity index (χ3v) is 5.65. The molecule has 0 radical (unpaired) electrons. The van der Waals surface area contributed by atoms with Crippen LogP contribution in [0.5, 0.6) is 0 Å². The molecule has 25 heavy (non-hydrogen) atoms. The summed E-state index contributed by atoms with van der Waals surface area (Å²) in [6, 6.07) is 9.34. The molecular formula is C17H19N3O3S2. The van der Waals surface area contributed by atoms with Crippen LogP contribution < -0.4 is 5.32 Å². The Labute approximate surface area is 150 Å². The van der Waals surface area contributed by atoms with Crippen molar-refractivity contribution >= 4 is 38.1 Å². The minimum Gasteiger partial charge on any atom is -0.350 e. The van der Waals surface area contributed by atoms with E-state index in [9.17, 15) is 13.2 Å². The van der Waals surface area contributed by atoms with E-state index in [1.54, 1.807) is 15.9 Å². The Morgan fingerprint density at radius 1 is 1.28 bits per heavy atom. The first kappa shape index (κ1) is 17.6. The molecular weight excluding hydrogens is 358 g/mol. The van der Waals surface area contributed by atoms with Gasteiger partial charge < -0.3 is 9.88 Å². The standard InChI is InChI=1S/C17H19N3O3S2/c1-12-7-8-24-15(12)9-18-17(21)10-20-14-6-4-3-5-13(14)19-16(20)11-25(2,22)23/h3-8H,9-11H2,1-2H3,(H,18,21). The number of carbonyl (C=O) groups excluding carboxylic acids is 1. The molecule has 6 nitrogen and oxygen atoms in total. The highest BCUT2D eigenvalue weighted by atomic mass is 32.2. The van der Waals surface area contributed by atoms with Crippen molar-refractivity contribution in [2.24, 2.45) is 0 Å². The Bertz CT molecular complexity index is 1020. The maximum atomic E-state index is 12.4. The van der Waals surface area contributed by atoms with E-state index in [4.69, 9.17) is 0 Å². The number of hydrogen-bond donors (Lipinski definition) is 1. The minimum absolute atomic E-state index is 0.0375. The third-order valence-electron chi connectivity index (χ3n) is 3.84. The van der Waals surface area contributed by atoms with Crippen molar-refractivity contribution in [3.63, 3.8) is 0 Å². The summed E-state index contributed by atoms with van der Waals surface area (Å²) in [6.07, 6.45) is 1.16. The fourth-order valence-electron chi connectivity index (χ4n) is 2.61. The zero-order chi connectivity index (χ0) is 18.0. The number of thiophene rings is 1. The lowest BCUT2D eigenvalue weighted by Gasteiger charge is -2.09. The highest BCUT2D eigenvalue weighted by Gasteiger charge is 2.17. The monoisotopic (exact) mass is 377 g/mol. The van der Waals surface area contributed by atoms with Gasteiger partial charge in [0.1, 0.15) is 18.1 Å². The first-order valence-electron chi connectivity index (χ1n) is 7.75. The molecule has 0 aliphatic rings. The molecule has 3 aromatic rings. The summed E-state index contributed by atoms with van der Waals surface area (Å²) in [5.74, 6) is 0.00998. The van der Waals surface area contributed by atoms with Crippen molar-refractivity contribution in [2.45, 2.75) is 25.8 Å². The van der Waals surface area contributed by atoms with Crippen LogP contribution in [0.15, 0.2) is 35.7 Å². The number of nitrogens with zero attached hydrogens (tertiary/aromatic N) is 2. The lowest BCUT2D eigenvalue weighted by molar-refractivity contribution is -0.121. The number of amides is 1. The number of benzene rings is 1. The fraction of sp³-hybridized carbons (Fsp3) is 0.294. The number of aryl methyl sites for hydroxylation is 1. The maximum absolute atomic E-state index is 12.4. The predicted molar refractivity (Wildman–Crippen MR) is 99.2 cm³/mol. The van der Waals surface area contributed by atoms with Crippen LogP contribution in [-0.2, 0) is 33.5 Å². The first-order chi connectivity index (χ1) is 11.8. The molecule has 0 fully saturated rings. The van der Waals surface area contributed by atoms with Crippen molar-refractivity contribution in [1.29, 1.82) is 0 Å². The fourth-order valence-corrected chi connectivity index (χ4v) is 4.15. The Morgan fingerprint density at radius 3 is 2.72 bits per heavy atom. The van der Waals surface area contributed by atoms with Crippen LogP contribution >= 0.6 is 11.3 Å². The zero-order valence-corrected chi connectivity index (χ0v) is 15.7. The van der Waals surface area contributed by atoms with Gasteiger partial charge in [-0.1, -0.05) is 12.1 Å². The van der Waals surface area contributed by atoms with Crippen molar-refractivity contribution in [1.82, 2.24) is 14.9 Å². The van der Waals surface area contributed by atoms with Crippen LogP contribution in [0.1, 0.15) is 16.3 Å². The lowest BCUT2D eigenvalue weighted by atomic mass is 10.3. The third kappa shape index (κ3) is 4.26. The lowest BCUT2D eigenvalue weighted by Crippen LogP contribution is -2.28. The number of nitrogens with one attached hydrogen (secondary N) is 1. The largest absolute Gasteiger partial charge is 0.350 e. The van der Waals surface area contributed by atoms with Crippen molar-refractivity contribution in [3.05, 3.63) is 52.0 Å². The molecule has 8 heteroatoms. The molecule has 1 amide bonds. The first-order valence-corrected chi connectivity index (χ1v) is 10.7. The average molecular weight is 377 g/mol. The number of rotatable bonds is 6. The van der Waals surface area contributed by atoms with Gasteiger partial charge in [-0.3, -0.25) is 4.79 Å². The predicted octanol–water partition coefficient (Wildman–Crippen LogP) is 2.27. The molecule has 2 heterocycles. The second-order valence-electron chi connectivity index (χ2n) is 5.98. The van der Waals surface area contributed by atoms with Crippen LogP contribution in [0.25, 0.3) is 11.0 Å². The second kappa shape index (κ2) is 6.97. The molecule has 0 saturated heterocycles. The van der Waals surface area contributed by atoms with Crippen molar-refractivity contribution in [2.75, 3.05) is 6.26 Å². The van der Waals surface area contributed by atoms with Gasteiger partial charge in [0.2, 0.25) is 5.91 Å². The Balaban J connectivity index is 1.82. The summed E-state index contributed by atoms with van der Waals surface area (Å²) in [4.78, 5) is 17.9. The SMILES string of the molecule is Cc1ccsc1CNC(=O)Cn1c(CS(C)(=O)=O)nc2ccccc21. The van der Waals surface area contributed by atoms with E-state index in [1.165, 1.54) is 0 Å². The van der Waals surface area contributed by atoms with Gasteiger partial charge in [0.25, 0.3) is 0 Å². The summed E-state index contributed by atoms with van der Waals surface area (Å²) in [5, 5.41) is 4.88. The highest BCUT2D eigenvalue weighted by Crippen LogP contribution is 2.18. The smallest absolute Gasteiger partial charge is 0.240 e. The molecule has 0 bridgehead atoms. The summed E-state index contributed by atoms with van der Waals surface area (Å²) in [6.45, 7) is 2.51. The molecule has 0 atom stereocenters. The number of carbonyl (C=O) groups is 1. The van der Waals surface area contributed by atoms with Crippen LogP contribution in [0, 0.1) is 6.92 Å². The Kier molecular flexibility index (Phi) is 4.91. The average Bonchev–Trinajstić information content (AvgIpc) is 3.08. The van der Waals surface area contributed by atoms with Gasteiger partial charge in [-0.25, -0.2) is 13.4 Å². The molecule has 0 unspecified atom stereocenters. The quantitative estimate of drug-likeness (QED) is 0.714. The molecule has 0 aliphatic heterocycles. The van der Waals surface area contributed by atoms with Crippen LogP contribution in [-0.4, -0.2) is 30.1 Å². The number of aromatic nitrogens is 2. The molecule has 0 spiro atoms. The van der Waals surface area contributed by atoms with Crippen molar-refractivity contribution < 1.29 is 13.2 Å². The minimum atomic E-state index is -3.25. The molecule has 1 N–H and O–H groups in total. The van der Waals surface area contributed by atoms with E-state index >= 15 is 0 Å². The zero-order valence-electron chi connectivity index (χ0n) is 14.0. The number of fused-ring (bicyclic) bond motifs is 1. The second-order valence-corrected chi connectivity index (χ2v) is 9.12. The van der Waals surface area contributed by atoms with Gasteiger partial charge in [-0.15, -0.1) is 11.3 Å². The molecule has 0 aliphatic carbocycles. The molecule has 2 aromatic heterocycles. The van der Waals surface area contributed by atoms with E-state index in [0.717, 1.165) is 22.2 Å². The normalized spacial score (nSPS) is 11.8.